The lowest BCUT2D eigenvalue weighted by Gasteiger charge is -2.02. The Kier molecular flexibility index (Phi) is 8.91. The van der Waals surface area contributed by atoms with E-state index in [1.807, 2.05) is 13.2 Å². The van der Waals surface area contributed by atoms with Crippen molar-refractivity contribution >= 4 is 22.3 Å². The van der Waals surface area contributed by atoms with Crippen LogP contribution < -0.4 is 9.88 Å². The lowest BCUT2D eigenvalue weighted by Crippen LogP contribution is -2.31. The van der Waals surface area contributed by atoms with Crippen LogP contribution in [0.2, 0.25) is 0 Å². The van der Waals surface area contributed by atoms with Crippen LogP contribution in [0.5, 0.6) is 0 Å². The maximum absolute atomic E-state index is 11.6. The van der Waals surface area contributed by atoms with Gasteiger partial charge >= 0.3 is 5.97 Å². The van der Waals surface area contributed by atoms with E-state index in [-0.39, 0.29) is 12.3 Å². The first-order valence-electron chi connectivity index (χ1n) is 6.12. The molecule has 0 spiro atoms. The molecule has 0 fully saturated rings. The van der Waals surface area contributed by atoms with Crippen molar-refractivity contribution in [2.24, 2.45) is 7.05 Å². The number of hydrogen-bond acceptors (Lipinski definition) is 6. The number of pyridine rings is 1. The predicted octanol–water partition coefficient (Wildman–Crippen LogP) is -0.801. The molecule has 0 saturated carbocycles. The highest BCUT2D eigenvalue weighted by Gasteiger charge is 2.08. The highest BCUT2D eigenvalue weighted by molar-refractivity contribution is 7.80. The third-order valence-electron chi connectivity index (χ3n) is 2.26. The molecule has 0 saturated heterocycles. The molecule has 0 aromatic carbocycles. The smallest absolute Gasteiger partial charge is 0.303 e. The van der Waals surface area contributed by atoms with E-state index in [9.17, 15) is 22.6 Å². The Morgan fingerprint density at radius 3 is 2.50 bits per heavy atom. The van der Waals surface area contributed by atoms with Gasteiger partial charge in [-0.25, -0.2) is 13.0 Å². The summed E-state index contributed by atoms with van der Waals surface area (Å²) in [6.07, 6.45) is 4.07. The lowest BCUT2D eigenvalue weighted by molar-refractivity contribution is -0.671. The van der Waals surface area contributed by atoms with E-state index >= 15 is 0 Å². The minimum Gasteiger partial charge on any atom is -0.726 e. The summed E-state index contributed by atoms with van der Waals surface area (Å²) in [7, 11) is -1.77. The number of carboxylic acid groups (broad SMARTS) is 1. The summed E-state index contributed by atoms with van der Waals surface area (Å²) in [5, 5.41) is 11.1. The summed E-state index contributed by atoms with van der Waals surface area (Å²) < 4.78 is 32.8. The lowest BCUT2D eigenvalue weighted by atomic mass is 10.2. The molecule has 124 valence electrons. The molecule has 0 atom stereocenters. The Hall–Kier alpha value is -2.04. The number of nitrogens with one attached hydrogen (secondary N) is 1. The number of aliphatic carboxylic acids is 1. The van der Waals surface area contributed by atoms with Gasteiger partial charge in [-0.15, -0.1) is 0 Å². The maximum Gasteiger partial charge on any atom is 0.303 e. The summed E-state index contributed by atoms with van der Waals surface area (Å²) >= 11 is 0. The number of aromatic nitrogens is 1. The van der Waals surface area contributed by atoms with Crippen LogP contribution in [0.4, 0.5) is 0 Å². The van der Waals surface area contributed by atoms with Gasteiger partial charge in [-0.3, -0.25) is 13.8 Å². The Morgan fingerprint density at radius 2 is 2.05 bits per heavy atom. The van der Waals surface area contributed by atoms with Crippen molar-refractivity contribution in [3.8, 4) is 0 Å². The van der Waals surface area contributed by atoms with Gasteiger partial charge in [-0.05, 0) is 12.5 Å². The molecule has 22 heavy (non-hydrogen) atoms. The van der Waals surface area contributed by atoms with Crippen molar-refractivity contribution in [3.05, 3.63) is 30.1 Å². The van der Waals surface area contributed by atoms with Crippen molar-refractivity contribution in [2.45, 2.75) is 12.8 Å². The van der Waals surface area contributed by atoms with Gasteiger partial charge in [0.05, 0.1) is 7.11 Å². The van der Waals surface area contributed by atoms with E-state index in [2.05, 4.69) is 9.50 Å². The topological polar surface area (TPSA) is 137 Å². The van der Waals surface area contributed by atoms with Crippen LogP contribution in [0.3, 0.4) is 0 Å². The molecule has 0 aliphatic rings. The zero-order chi connectivity index (χ0) is 17.2. The minimum absolute atomic E-state index is 0.0723. The van der Waals surface area contributed by atoms with Crippen LogP contribution >= 0.6 is 0 Å². The summed E-state index contributed by atoms with van der Waals surface area (Å²) in [4.78, 5) is 21.8. The number of rotatable bonds is 6. The molecule has 0 radical (unpaired) electrons. The molecule has 1 aromatic heterocycles. The van der Waals surface area contributed by atoms with Crippen LogP contribution in [-0.2, 0) is 26.4 Å². The Morgan fingerprint density at radius 1 is 1.45 bits per heavy atom. The van der Waals surface area contributed by atoms with Gasteiger partial charge in [-0.1, -0.05) is 0 Å². The molecule has 9 nitrogen and oxygen atoms in total. The minimum atomic E-state index is -4.41. The summed E-state index contributed by atoms with van der Waals surface area (Å²) in [6, 6.07) is 3.50. The van der Waals surface area contributed by atoms with Gasteiger partial charge in [0.1, 0.15) is 12.6 Å². The monoisotopic (exact) mass is 334 g/mol. The first kappa shape index (κ1) is 20.0. The first-order valence-corrected chi connectivity index (χ1v) is 7.45. The van der Waals surface area contributed by atoms with E-state index < -0.39 is 16.4 Å². The zero-order valence-electron chi connectivity index (χ0n) is 12.2. The molecule has 10 heteroatoms. The fourth-order valence-electron chi connectivity index (χ4n) is 1.27. The molecule has 0 aliphatic carbocycles. The van der Waals surface area contributed by atoms with E-state index in [0.29, 0.717) is 18.5 Å². The quantitative estimate of drug-likeness (QED) is 0.301. The normalized spacial score (nSPS) is 10.3. The van der Waals surface area contributed by atoms with Gasteiger partial charge in [0.2, 0.25) is 10.4 Å². The van der Waals surface area contributed by atoms with Gasteiger partial charge < -0.3 is 15.0 Å². The summed E-state index contributed by atoms with van der Waals surface area (Å²) in [6.45, 7) is 0.379. The van der Waals surface area contributed by atoms with Gasteiger partial charge in [-0.2, -0.15) is 0 Å². The van der Waals surface area contributed by atoms with Crippen molar-refractivity contribution < 1.29 is 36.4 Å². The van der Waals surface area contributed by atoms with E-state index in [1.54, 1.807) is 22.9 Å². The number of amides is 1. The molecule has 0 bridgehead atoms. The molecule has 0 unspecified atom stereocenters. The van der Waals surface area contributed by atoms with Gasteiger partial charge in [0.25, 0.3) is 5.91 Å². The molecule has 0 aliphatic heterocycles. The van der Waals surface area contributed by atoms with Crippen LogP contribution in [0.25, 0.3) is 0 Å². The molecule has 1 rings (SSSR count). The Bertz CT molecular complexity index is 601. The summed E-state index contributed by atoms with van der Waals surface area (Å²) in [5.74, 6) is -1.03. The number of carbonyl (C=O) groups excluding carboxylic acids is 1. The number of carboxylic acids is 1. The van der Waals surface area contributed by atoms with E-state index in [1.165, 1.54) is 0 Å². The van der Waals surface area contributed by atoms with Crippen LogP contribution in [0.1, 0.15) is 23.2 Å². The third kappa shape index (κ3) is 10.7. The Balaban J connectivity index is 0.000000626. The number of aryl methyl sites for hydroxylation is 1. The van der Waals surface area contributed by atoms with Gasteiger partial charge in [0.15, 0.2) is 12.4 Å². The Labute approximate surface area is 128 Å². The number of carbonyl (C=O) groups is 2. The average Bonchev–Trinajstić information content (AvgIpc) is 2.43. The largest absolute Gasteiger partial charge is 0.726 e. The van der Waals surface area contributed by atoms with Crippen molar-refractivity contribution in [3.63, 3.8) is 0 Å². The maximum atomic E-state index is 11.6. The molecule has 2 N–H and O–H groups in total. The van der Waals surface area contributed by atoms with E-state index in [4.69, 9.17) is 5.11 Å². The SMILES string of the molecule is COS(=O)(=O)[O-].C[n+]1cccc(C(=O)NCCCC(=O)O)c1. The number of nitrogens with zero attached hydrogens (tertiary/aromatic N) is 1. The van der Waals surface area contributed by atoms with E-state index in [0.717, 1.165) is 7.11 Å². The standard InChI is InChI=1S/C11H14N2O3.CH4O4S/c1-13-7-3-4-9(8-13)11(16)12-6-2-5-10(14)15;1-5-6(2,3)4/h3-4,7-8H,2,5-6H2,1H3,(H-,12,14,15,16);1H3,(H,2,3,4). The van der Waals surface area contributed by atoms with Crippen LogP contribution in [0, 0.1) is 0 Å². The predicted molar refractivity (Wildman–Crippen MR) is 73.5 cm³/mol. The third-order valence-corrected chi connectivity index (χ3v) is 2.67. The van der Waals surface area contributed by atoms with Crippen LogP contribution in [0.15, 0.2) is 24.5 Å². The average molecular weight is 334 g/mol. The molecule has 1 heterocycles. The summed E-state index contributed by atoms with van der Waals surface area (Å²) in [5.41, 5.74) is 0.570. The molecule has 1 amide bonds. The second-order valence-electron chi connectivity index (χ2n) is 4.09. The second kappa shape index (κ2) is 9.82. The molecule has 1 aromatic rings. The first-order chi connectivity index (χ1) is 10.2. The fraction of sp³-hybridized carbons (Fsp3) is 0.417. The van der Waals surface area contributed by atoms with Crippen molar-refractivity contribution in [2.75, 3.05) is 13.7 Å². The van der Waals surface area contributed by atoms with Crippen LogP contribution in [-0.4, -0.2) is 43.6 Å². The molecular formula is C12H18N2O7S. The highest BCUT2D eigenvalue weighted by atomic mass is 32.3. The van der Waals surface area contributed by atoms with Gasteiger partial charge in [0, 0.05) is 19.0 Å². The molecular weight excluding hydrogens is 316 g/mol. The fourth-order valence-corrected chi connectivity index (χ4v) is 1.27. The highest BCUT2D eigenvalue weighted by Crippen LogP contribution is 1.94. The number of hydrogen-bond donors (Lipinski definition) is 2. The van der Waals surface area contributed by atoms with Crippen molar-refractivity contribution in [1.29, 1.82) is 0 Å². The zero-order valence-corrected chi connectivity index (χ0v) is 13.0. The second-order valence-corrected chi connectivity index (χ2v) is 5.24. The van der Waals surface area contributed by atoms with Crippen molar-refractivity contribution in [1.82, 2.24) is 5.32 Å².